The van der Waals surface area contributed by atoms with E-state index in [1.165, 1.54) is 5.56 Å². The quantitative estimate of drug-likeness (QED) is 0.723. The molecular formula is C12H10Br2N2. The van der Waals surface area contributed by atoms with Crippen molar-refractivity contribution in [2.75, 3.05) is 0 Å². The molecule has 0 amide bonds. The Kier molecular flexibility index (Phi) is 3.40. The summed E-state index contributed by atoms with van der Waals surface area (Å²) in [5.74, 6) is 0. The molecule has 0 aliphatic heterocycles. The zero-order chi connectivity index (χ0) is 11.7. The topological polar surface area (TPSA) is 25.8 Å². The Labute approximate surface area is 111 Å². The summed E-state index contributed by atoms with van der Waals surface area (Å²) in [5.41, 5.74) is 4.18. The molecule has 2 rings (SSSR count). The zero-order valence-corrected chi connectivity index (χ0v) is 12.1. The molecule has 16 heavy (non-hydrogen) atoms. The second-order valence-electron chi connectivity index (χ2n) is 3.58. The summed E-state index contributed by atoms with van der Waals surface area (Å²) in [6.45, 7) is 4.13. The molecule has 2 aromatic rings. The van der Waals surface area contributed by atoms with E-state index in [1.807, 2.05) is 24.3 Å². The number of nitrogens with zero attached hydrogens (tertiary/aromatic N) is 2. The lowest BCUT2D eigenvalue weighted by atomic mass is 10.1. The summed E-state index contributed by atoms with van der Waals surface area (Å²) in [6.07, 6.45) is 0. The number of hydrogen-bond donors (Lipinski definition) is 0. The van der Waals surface area contributed by atoms with Crippen LogP contribution in [0.15, 0.2) is 33.5 Å². The van der Waals surface area contributed by atoms with E-state index in [0.717, 1.165) is 26.2 Å². The van der Waals surface area contributed by atoms with Gasteiger partial charge in [-0.25, -0.2) is 9.97 Å². The predicted molar refractivity (Wildman–Crippen MR) is 72.3 cm³/mol. The molecule has 0 saturated heterocycles. The van der Waals surface area contributed by atoms with E-state index in [0.29, 0.717) is 0 Å². The van der Waals surface area contributed by atoms with Crippen molar-refractivity contribution in [2.24, 2.45) is 0 Å². The average molecular weight is 342 g/mol. The van der Waals surface area contributed by atoms with Crippen molar-refractivity contribution in [3.63, 3.8) is 0 Å². The van der Waals surface area contributed by atoms with Crippen LogP contribution in [0, 0.1) is 13.8 Å². The highest BCUT2D eigenvalue weighted by molar-refractivity contribution is 9.10. The third-order valence-corrected chi connectivity index (χ3v) is 3.31. The molecule has 82 valence electrons. The van der Waals surface area contributed by atoms with E-state index >= 15 is 0 Å². The van der Waals surface area contributed by atoms with Crippen LogP contribution in [0.5, 0.6) is 0 Å². The van der Waals surface area contributed by atoms with Crippen molar-refractivity contribution in [1.82, 2.24) is 9.97 Å². The lowest BCUT2D eigenvalue weighted by molar-refractivity contribution is 1.15. The largest absolute Gasteiger partial charge is 0.239 e. The summed E-state index contributed by atoms with van der Waals surface area (Å²) >= 11 is 6.78. The van der Waals surface area contributed by atoms with Crippen LogP contribution < -0.4 is 0 Å². The minimum absolute atomic E-state index is 0.823. The van der Waals surface area contributed by atoms with Crippen LogP contribution in [0.4, 0.5) is 0 Å². The molecule has 0 unspecified atom stereocenters. The first-order valence-electron chi connectivity index (χ1n) is 4.84. The fraction of sp³-hybridized carbons (Fsp3) is 0.167. The molecule has 0 fully saturated rings. The monoisotopic (exact) mass is 340 g/mol. The number of halogens is 2. The fourth-order valence-electron chi connectivity index (χ4n) is 1.49. The lowest BCUT2D eigenvalue weighted by Gasteiger charge is -2.08. The minimum atomic E-state index is 0.823. The second-order valence-corrected chi connectivity index (χ2v) is 5.21. The summed E-state index contributed by atoms with van der Waals surface area (Å²) in [4.78, 5) is 8.90. The van der Waals surface area contributed by atoms with Crippen LogP contribution in [-0.4, -0.2) is 9.97 Å². The zero-order valence-electron chi connectivity index (χ0n) is 8.96. The van der Waals surface area contributed by atoms with Crippen LogP contribution >= 0.6 is 31.9 Å². The first-order chi connectivity index (χ1) is 7.58. The van der Waals surface area contributed by atoms with Crippen molar-refractivity contribution in [2.45, 2.75) is 13.8 Å². The fourth-order valence-corrected chi connectivity index (χ4v) is 2.35. The van der Waals surface area contributed by atoms with E-state index in [9.17, 15) is 0 Å². The molecule has 0 aromatic carbocycles. The predicted octanol–water partition coefficient (Wildman–Crippen LogP) is 4.29. The number of rotatable bonds is 1. The highest BCUT2D eigenvalue weighted by Crippen LogP contribution is 2.25. The Morgan fingerprint density at radius 3 is 2.44 bits per heavy atom. The third-order valence-electron chi connectivity index (χ3n) is 2.46. The maximum absolute atomic E-state index is 4.48. The van der Waals surface area contributed by atoms with Gasteiger partial charge in [0, 0.05) is 0 Å². The number of pyridine rings is 2. The Morgan fingerprint density at radius 2 is 1.75 bits per heavy atom. The number of aromatic nitrogens is 2. The highest BCUT2D eigenvalue weighted by Gasteiger charge is 2.08. The normalized spacial score (nSPS) is 10.5. The van der Waals surface area contributed by atoms with E-state index in [1.54, 1.807) is 0 Å². The van der Waals surface area contributed by atoms with Crippen molar-refractivity contribution in [3.8, 4) is 11.4 Å². The first kappa shape index (κ1) is 11.7. The summed E-state index contributed by atoms with van der Waals surface area (Å²) in [6, 6.07) is 7.84. The van der Waals surface area contributed by atoms with E-state index in [2.05, 4.69) is 55.7 Å². The molecule has 0 saturated carbocycles. The van der Waals surface area contributed by atoms with Crippen LogP contribution in [0.3, 0.4) is 0 Å². The van der Waals surface area contributed by atoms with Gasteiger partial charge in [-0.15, -0.1) is 0 Å². The smallest absolute Gasteiger partial charge is 0.107 e. The Morgan fingerprint density at radius 1 is 1.00 bits per heavy atom. The van der Waals surface area contributed by atoms with Gasteiger partial charge in [-0.2, -0.15) is 0 Å². The maximum Gasteiger partial charge on any atom is 0.107 e. The molecule has 0 spiro atoms. The lowest BCUT2D eigenvalue weighted by Crippen LogP contribution is -1.94. The van der Waals surface area contributed by atoms with Crippen LogP contribution in [0.25, 0.3) is 11.4 Å². The van der Waals surface area contributed by atoms with Gasteiger partial charge < -0.3 is 0 Å². The Hall–Kier alpha value is -0.740. The van der Waals surface area contributed by atoms with Gasteiger partial charge in [0.1, 0.15) is 9.21 Å². The van der Waals surface area contributed by atoms with Gasteiger partial charge in [-0.05, 0) is 75.0 Å². The molecule has 0 aliphatic carbocycles. The average Bonchev–Trinajstić information content (AvgIpc) is 2.23. The van der Waals surface area contributed by atoms with Gasteiger partial charge in [-0.3, -0.25) is 0 Å². The molecule has 2 heterocycles. The van der Waals surface area contributed by atoms with E-state index in [-0.39, 0.29) is 0 Å². The van der Waals surface area contributed by atoms with Crippen molar-refractivity contribution in [3.05, 3.63) is 44.6 Å². The third kappa shape index (κ3) is 2.33. The molecule has 0 radical (unpaired) electrons. The summed E-state index contributed by atoms with van der Waals surface area (Å²) in [5, 5.41) is 0. The van der Waals surface area contributed by atoms with Gasteiger partial charge >= 0.3 is 0 Å². The van der Waals surface area contributed by atoms with Gasteiger partial charge in [0.05, 0.1) is 11.4 Å². The van der Waals surface area contributed by atoms with Crippen LogP contribution in [0.2, 0.25) is 0 Å². The SMILES string of the molecule is Cc1cc(Br)nc(-c2cccc(Br)n2)c1C. The second kappa shape index (κ2) is 4.63. The van der Waals surface area contributed by atoms with Crippen LogP contribution in [-0.2, 0) is 0 Å². The van der Waals surface area contributed by atoms with Crippen molar-refractivity contribution in [1.29, 1.82) is 0 Å². The summed E-state index contributed by atoms with van der Waals surface area (Å²) < 4.78 is 1.66. The van der Waals surface area contributed by atoms with Crippen molar-refractivity contribution >= 4 is 31.9 Å². The van der Waals surface area contributed by atoms with Crippen LogP contribution in [0.1, 0.15) is 11.1 Å². The minimum Gasteiger partial charge on any atom is -0.239 e. The van der Waals surface area contributed by atoms with Crippen molar-refractivity contribution < 1.29 is 0 Å². The van der Waals surface area contributed by atoms with Gasteiger partial charge in [0.25, 0.3) is 0 Å². The number of aryl methyl sites for hydroxylation is 1. The summed E-state index contributed by atoms with van der Waals surface area (Å²) in [7, 11) is 0. The maximum atomic E-state index is 4.48. The molecular weight excluding hydrogens is 332 g/mol. The van der Waals surface area contributed by atoms with Gasteiger partial charge in [0.15, 0.2) is 0 Å². The molecule has 0 atom stereocenters. The molecule has 2 nitrogen and oxygen atoms in total. The van der Waals surface area contributed by atoms with E-state index < -0.39 is 0 Å². The Balaban J connectivity index is 2.64. The van der Waals surface area contributed by atoms with Gasteiger partial charge in [-0.1, -0.05) is 6.07 Å². The standard InChI is InChI=1S/C12H10Br2N2/c1-7-6-11(14)16-12(8(7)2)9-4-3-5-10(13)15-9/h3-6H,1-2H3. The molecule has 0 N–H and O–H groups in total. The van der Waals surface area contributed by atoms with E-state index in [4.69, 9.17) is 0 Å². The first-order valence-corrected chi connectivity index (χ1v) is 6.43. The number of hydrogen-bond acceptors (Lipinski definition) is 2. The van der Waals surface area contributed by atoms with Gasteiger partial charge in [0.2, 0.25) is 0 Å². The molecule has 0 bridgehead atoms. The molecule has 2 aromatic heterocycles. The molecule has 0 aliphatic rings. The Bertz CT molecular complexity index is 539. The molecule has 4 heteroatoms. The highest BCUT2D eigenvalue weighted by atomic mass is 79.9.